The maximum absolute atomic E-state index is 12.7. The lowest BCUT2D eigenvalue weighted by Gasteiger charge is -2.14. The lowest BCUT2D eigenvalue weighted by molar-refractivity contribution is -0.137. The Bertz CT molecular complexity index is 620. The van der Waals surface area contributed by atoms with Crippen LogP contribution in [-0.2, 0) is 12.7 Å². The van der Waals surface area contributed by atoms with Gasteiger partial charge in [0.15, 0.2) is 0 Å². The molecule has 2 aromatic rings. The van der Waals surface area contributed by atoms with Crippen molar-refractivity contribution in [2.75, 3.05) is 0 Å². The summed E-state index contributed by atoms with van der Waals surface area (Å²) in [5.74, 6) is 0. The van der Waals surface area contributed by atoms with Gasteiger partial charge in [-0.3, -0.25) is 0 Å². The van der Waals surface area contributed by atoms with Crippen LogP contribution < -0.4 is 5.32 Å². The Morgan fingerprint density at radius 3 is 2.57 bits per heavy atom. The lowest BCUT2D eigenvalue weighted by Crippen LogP contribution is -2.19. The van der Waals surface area contributed by atoms with Crippen molar-refractivity contribution in [1.82, 2.24) is 10.3 Å². The van der Waals surface area contributed by atoms with Crippen LogP contribution in [0.5, 0.6) is 0 Å². The fourth-order valence-corrected chi connectivity index (χ4v) is 3.09. The molecule has 0 amide bonds. The number of aryl methyl sites for hydroxylation is 2. The number of alkyl halides is 3. The first-order valence-electron chi connectivity index (χ1n) is 6.61. The molecule has 0 spiro atoms. The second-order valence-electron chi connectivity index (χ2n) is 4.98. The van der Waals surface area contributed by atoms with Crippen molar-refractivity contribution < 1.29 is 13.2 Å². The Balaban J connectivity index is 2.05. The zero-order valence-corrected chi connectivity index (χ0v) is 12.9. The van der Waals surface area contributed by atoms with Crippen molar-refractivity contribution in [2.45, 2.75) is 39.5 Å². The lowest BCUT2D eigenvalue weighted by atomic mass is 10.1. The number of halogens is 3. The van der Waals surface area contributed by atoms with E-state index in [1.165, 1.54) is 12.1 Å². The second kappa shape index (κ2) is 6.15. The minimum atomic E-state index is -4.30. The van der Waals surface area contributed by atoms with Gasteiger partial charge in [-0.15, -0.1) is 11.3 Å². The highest BCUT2D eigenvalue weighted by Crippen LogP contribution is 2.29. The molecule has 0 radical (unpaired) electrons. The third kappa shape index (κ3) is 4.04. The second-order valence-corrected chi connectivity index (χ2v) is 6.38. The Labute approximate surface area is 126 Å². The van der Waals surface area contributed by atoms with E-state index in [1.54, 1.807) is 17.4 Å². The number of hydrogen-bond donors (Lipinski definition) is 1. The van der Waals surface area contributed by atoms with Crippen molar-refractivity contribution in [1.29, 1.82) is 0 Å². The van der Waals surface area contributed by atoms with Crippen molar-refractivity contribution in [2.24, 2.45) is 0 Å². The van der Waals surface area contributed by atoms with Crippen LogP contribution in [0, 0.1) is 13.8 Å². The third-order valence-corrected chi connectivity index (χ3v) is 4.12. The summed E-state index contributed by atoms with van der Waals surface area (Å²) in [6.07, 6.45) is -4.30. The fraction of sp³-hybridized carbons (Fsp3) is 0.400. The Morgan fingerprint density at radius 1 is 1.29 bits per heavy atom. The molecular weight excluding hydrogens is 297 g/mol. The summed E-state index contributed by atoms with van der Waals surface area (Å²) in [6.45, 7) is 6.29. The largest absolute Gasteiger partial charge is 0.416 e. The summed E-state index contributed by atoms with van der Waals surface area (Å²) in [4.78, 5) is 5.59. The van der Waals surface area contributed by atoms with Crippen LogP contribution >= 0.6 is 11.3 Å². The average Bonchev–Trinajstić information content (AvgIpc) is 2.74. The van der Waals surface area contributed by atoms with Gasteiger partial charge in [0, 0.05) is 17.5 Å². The van der Waals surface area contributed by atoms with Crippen LogP contribution in [0.3, 0.4) is 0 Å². The van der Waals surface area contributed by atoms with Crippen LogP contribution in [0.15, 0.2) is 24.3 Å². The van der Waals surface area contributed by atoms with Gasteiger partial charge in [0.25, 0.3) is 0 Å². The van der Waals surface area contributed by atoms with Gasteiger partial charge in [-0.25, -0.2) is 4.98 Å². The molecule has 0 saturated carbocycles. The smallest absolute Gasteiger partial charge is 0.305 e. The zero-order chi connectivity index (χ0) is 15.6. The highest BCUT2D eigenvalue weighted by molar-refractivity contribution is 7.11. The summed E-state index contributed by atoms with van der Waals surface area (Å²) < 4.78 is 38.0. The first-order valence-corrected chi connectivity index (χ1v) is 7.42. The third-order valence-electron chi connectivity index (χ3n) is 3.22. The number of benzene rings is 1. The molecular formula is C15H17F3N2S. The molecule has 1 aromatic heterocycles. The molecule has 1 atom stereocenters. The van der Waals surface area contributed by atoms with Gasteiger partial charge in [0.05, 0.1) is 16.3 Å². The summed E-state index contributed by atoms with van der Waals surface area (Å²) in [7, 11) is 0. The predicted octanol–water partition coefficient (Wildman–Crippen LogP) is 4.63. The number of aromatic nitrogens is 1. The van der Waals surface area contributed by atoms with Gasteiger partial charge in [-0.05, 0) is 32.4 Å². The normalized spacial score (nSPS) is 13.4. The molecule has 0 saturated heterocycles. The number of hydrogen-bond acceptors (Lipinski definition) is 3. The van der Waals surface area contributed by atoms with E-state index in [9.17, 15) is 13.2 Å². The van der Waals surface area contributed by atoms with Gasteiger partial charge < -0.3 is 5.32 Å². The SMILES string of the molecule is Cc1nc(C(C)NCc2cccc(C(F)(F)F)c2)c(C)s1. The number of thiazole rings is 1. The summed E-state index contributed by atoms with van der Waals surface area (Å²) in [6, 6.07) is 5.39. The van der Waals surface area contributed by atoms with Crippen molar-refractivity contribution in [3.05, 3.63) is 51.0 Å². The topological polar surface area (TPSA) is 24.9 Å². The van der Waals surface area contributed by atoms with Gasteiger partial charge in [0.2, 0.25) is 0 Å². The van der Waals surface area contributed by atoms with Gasteiger partial charge >= 0.3 is 6.18 Å². The molecule has 0 aliphatic carbocycles. The van der Waals surface area contributed by atoms with Gasteiger partial charge in [-0.2, -0.15) is 13.2 Å². The van der Waals surface area contributed by atoms with Crippen molar-refractivity contribution in [3.8, 4) is 0 Å². The monoisotopic (exact) mass is 314 g/mol. The Kier molecular flexibility index (Phi) is 4.68. The molecule has 0 aliphatic rings. The zero-order valence-electron chi connectivity index (χ0n) is 12.1. The minimum absolute atomic E-state index is 0.00416. The van der Waals surface area contributed by atoms with E-state index in [-0.39, 0.29) is 6.04 Å². The Morgan fingerprint density at radius 2 is 2.00 bits per heavy atom. The molecule has 21 heavy (non-hydrogen) atoms. The molecule has 1 N–H and O–H groups in total. The quantitative estimate of drug-likeness (QED) is 0.890. The number of rotatable bonds is 4. The van der Waals surface area contributed by atoms with E-state index >= 15 is 0 Å². The van der Waals surface area contributed by atoms with E-state index in [0.29, 0.717) is 12.1 Å². The van der Waals surface area contributed by atoms with E-state index in [1.807, 2.05) is 20.8 Å². The minimum Gasteiger partial charge on any atom is -0.305 e. The van der Waals surface area contributed by atoms with Crippen LogP contribution in [0.2, 0.25) is 0 Å². The number of nitrogens with one attached hydrogen (secondary N) is 1. The average molecular weight is 314 g/mol. The number of nitrogens with zero attached hydrogens (tertiary/aromatic N) is 1. The molecule has 6 heteroatoms. The standard InChI is InChI=1S/C15H17F3N2S/c1-9(14-10(2)21-11(3)20-14)19-8-12-5-4-6-13(7-12)15(16,17)18/h4-7,9,19H,8H2,1-3H3. The van der Waals surface area contributed by atoms with Gasteiger partial charge in [0.1, 0.15) is 0 Å². The molecule has 1 unspecified atom stereocenters. The molecule has 114 valence electrons. The van der Waals surface area contributed by atoms with Gasteiger partial charge in [-0.1, -0.05) is 18.2 Å². The maximum atomic E-state index is 12.7. The molecule has 2 nitrogen and oxygen atoms in total. The summed E-state index contributed by atoms with van der Waals surface area (Å²) in [5, 5.41) is 4.22. The predicted molar refractivity (Wildman–Crippen MR) is 78.3 cm³/mol. The van der Waals surface area contributed by atoms with Crippen LogP contribution in [0.1, 0.15) is 39.7 Å². The summed E-state index contributed by atoms with van der Waals surface area (Å²) in [5.41, 5.74) is 0.959. The first kappa shape index (κ1) is 16.0. The Hall–Kier alpha value is -1.40. The highest BCUT2D eigenvalue weighted by Gasteiger charge is 2.30. The molecule has 1 heterocycles. The van der Waals surface area contributed by atoms with E-state index in [0.717, 1.165) is 21.6 Å². The highest BCUT2D eigenvalue weighted by atomic mass is 32.1. The molecule has 0 fully saturated rings. The summed E-state index contributed by atoms with van der Waals surface area (Å²) >= 11 is 1.63. The first-order chi connectivity index (χ1) is 9.77. The van der Waals surface area contributed by atoms with Crippen molar-refractivity contribution >= 4 is 11.3 Å². The molecule has 0 aliphatic heterocycles. The molecule has 1 aromatic carbocycles. The molecule has 2 rings (SSSR count). The van der Waals surface area contributed by atoms with E-state index < -0.39 is 11.7 Å². The van der Waals surface area contributed by atoms with Crippen LogP contribution in [-0.4, -0.2) is 4.98 Å². The van der Waals surface area contributed by atoms with Crippen LogP contribution in [0.4, 0.5) is 13.2 Å². The maximum Gasteiger partial charge on any atom is 0.416 e. The van der Waals surface area contributed by atoms with E-state index in [2.05, 4.69) is 10.3 Å². The molecule has 0 bridgehead atoms. The van der Waals surface area contributed by atoms with Crippen LogP contribution in [0.25, 0.3) is 0 Å². The fourth-order valence-electron chi connectivity index (χ4n) is 2.17. The van der Waals surface area contributed by atoms with Crippen molar-refractivity contribution in [3.63, 3.8) is 0 Å². The van der Waals surface area contributed by atoms with E-state index in [4.69, 9.17) is 0 Å².